The molecule has 1 rings (SSSR count). The van der Waals surface area contributed by atoms with E-state index >= 15 is 0 Å². The molecule has 2 N–H and O–H groups in total. The highest BCUT2D eigenvalue weighted by Crippen LogP contribution is 2.23. The van der Waals surface area contributed by atoms with E-state index in [1.807, 2.05) is 6.92 Å². The number of hydrogen-bond donors (Lipinski definition) is 1. The van der Waals surface area contributed by atoms with Crippen LogP contribution in [0.4, 0.5) is 0 Å². The van der Waals surface area contributed by atoms with Crippen LogP contribution >= 0.6 is 11.6 Å². The van der Waals surface area contributed by atoms with Crippen molar-refractivity contribution in [2.45, 2.75) is 25.8 Å². The van der Waals surface area contributed by atoms with Crippen LogP contribution in [0.25, 0.3) is 0 Å². The monoisotopic (exact) mass is 241 g/mol. The van der Waals surface area contributed by atoms with Gasteiger partial charge in [0.1, 0.15) is 5.75 Å². The van der Waals surface area contributed by atoms with Gasteiger partial charge in [-0.2, -0.15) is 0 Å². The zero-order valence-corrected chi connectivity index (χ0v) is 10.3. The number of carbonyl (C=O) groups is 1. The molecule has 1 aromatic carbocycles. The highest BCUT2D eigenvalue weighted by Gasteiger charge is 2.11. The molecule has 88 valence electrons. The van der Waals surface area contributed by atoms with Gasteiger partial charge in [0, 0.05) is 18.0 Å². The lowest BCUT2D eigenvalue weighted by Crippen LogP contribution is -2.16. The molecule has 16 heavy (non-hydrogen) atoms. The van der Waals surface area contributed by atoms with Crippen molar-refractivity contribution in [1.82, 2.24) is 0 Å². The second-order valence-corrected chi connectivity index (χ2v) is 4.19. The van der Waals surface area contributed by atoms with E-state index in [1.165, 1.54) is 0 Å². The van der Waals surface area contributed by atoms with Crippen LogP contribution < -0.4 is 10.5 Å². The molecule has 1 atom stereocenters. The summed E-state index contributed by atoms with van der Waals surface area (Å²) in [5.74, 6) is 0.665. The van der Waals surface area contributed by atoms with Crippen LogP contribution in [0.15, 0.2) is 18.2 Å². The highest BCUT2D eigenvalue weighted by molar-refractivity contribution is 6.34. The van der Waals surface area contributed by atoms with Crippen molar-refractivity contribution >= 4 is 17.4 Å². The molecule has 0 aliphatic carbocycles. The summed E-state index contributed by atoms with van der Waals surface area (Å²) in [6.07, 6.45) is 1.09. The molecule has 0 saturated heterocycles. The lowest BCUT2D eigenvalue weighted by molar-refractivity contribution is 0.0978. The van der Waals surface area contributed by atoms with E-state index in [-0.39, 0.29) is 11.8 Å². The number of hydrogen-bond acceptors (Lipinski definition) is 3. The van der Waals surface area contributed by atoms with Crippen LogP contribution in [0.3, 0.4) is 0 Å². The number of methoxy groups -OCH3 is 1. The number of benzene rings is 1. The van der Waals surface area contributed by atoms with Crippen molar-refractivity contribution in [3.8, 4) is 5.75 Å². The number of nitrogens with two attached hydrogens (primary N) is 1. The van der Waals surface area contributed by atoms with Crippen LogP contribution in [-0.2, 0) is 0 Å². The number of ketones is 1. The molecule has 3 nitrogen and oxygen atoms in total. The zero-order valence-electron chi connectivity index (χ0n) is 9.50. The van der Waals surface area contributed by atoms with Gasteiger partial charge in [0.2, 0.25) is 0 Å². The van der Waals surface area contributed by atoms with Gasteiger partial charge in [-0.05, 0) is 31.5 Å². The third-order valence-electron chi connectivity index (χ3n) is 2.30. The molecule has 4 heteroatoms. The van der Waals surface area contributed by atoms with Gasteiger partial charge in [-0.3, -0.25) is 4.79 Å². The van der Waals surface area contributed by atoms with Gasteiger partial charge in [0.15, 0.2) is 5.78 Å². The Morgan fingerprint density at radius 1 is 1.56 bits per heavy atom. The fraction of sp³-hybridized carbons (Fsp3) is 0.417. The van der Waals surface area contributed by atoms with Gasteiger partial charge in [0.25, 0.3) is 0 Å². The molecule has 0 fully saturated rings. The first-order valence-electron chi connectivity index (χ1n) is 5.17. The second kappa shape index (κ2) is 5.87. The first-order chi connectivity index (χ1) is 7.54. The van der Waals surface area contributed by atoms with E-state index < -0.39 is 0 Å². The predicted molar refractivity (Wildman–Crippen MR) is 65.2 cm³/mol. The van der Waals surface area contributed by atoms with Gasteiger partial charge in [-0.1, -0.05) is 11.6 Å². The fourth-order valence-electron chi connectivity index (χ4n) is 1.34. The maximum absolute atomic E-state index is 11.8. The van der Waals surface area contributed by atoms with Crippen molar-refractivity contribution in [3.63, 3.8) is 0 Å². The number of rotatable bonds is 5. The summed E-state index contributed by atoms with van der Waals surface area (Å²) in [6, 6.07) is 5.08. The van der Waals surface area contributed by atoms with E-state index in [1.54, 1.807) is 25.3 Å². The molecule has 0 heterocycles. The molecular weight excluding hydrogens is 226 g/mol. The number of carbonyl (C=O) groups excluding carboxylic acids is 1. The van der Waals surface area contributed by atoms with Crippen molar-refractivity contribution < 1.29 is 9.53 Å². The smallest absolute Gasteiger partial charge is 0.164 e. The second-order valence-electron chi connectivity index (χ2n) is 3.78. The average Bonchev–Trinajstić information content (AvgIpc) is 2.25. The third kappa shape index (κ3) is 3.51. The largest absolute Gasteiger partial charge is 0.497 e. The zero-order chi connectivity index (χ0) is 12.1. The highest BCUT2D eigenvalue weighted by atomic mass is 35.5. The Bertz CT molecular complexity index is 377. The molecule has 0 aliphatic rings. The van der Waals surface area contributed by atoms with Gasteiger partial charge in [-0.15, -0.1) is 0 Å². The molecule has 0 amide bonds. The van der Waals surface area contributed by atoms with Gasteiger partial charge in [0.05, 0.1) is 12.1 Å². The van der Waals surface area contributed by atoms with Crippen molar-refractivity contribution in [2.75, 3.05) is 7.11 Å². The Labute approximate surface area is 101 Å². The normalized spacial score (nSPS) is 12.2. The molecule has 0 aliphatic heterocycles. The minimum atomic E-state index is 0.0185. The Hall–Kier alpha value is -1.06. The molecule has 0 spiro atoms. The number of halogens is 1. The summed E-state index contributed by atoms with van der Waals surface area (Å²) in [7, 11) is 1.56. The molecule has 1 unspecified atom stereocenters. The summed E-state index contributed by atoms with van der Waals surface area (Å²) in [5.41, 5.74) is 6.13. The van der Waals surface area contributed by atoms with Gasteiger partial charge < -0.3 is 10.5 Å². The quantitative estimate of drug-likeness (QED) is 0.807. The summed E-state index contributed by atoms with van der Waals surface area (Å²) in [6.45, 7) is 1.88. The average molecular weight is 242 g/mol. The predicted octanol–water partition coefficient (Wildman–Crippen LogP) is 2.66. The number of ether oxygens (including phenoxy) is 1. The molecular formula is C12H16ClNO2. The van der Waals surface area contributed by atoms with Crippen LogP contribution in [0.5, 0.6) is 5.75 Å². The maximum Gasteiger partial charge on any atom is 0.164 e. The van der Waals surface area contributed by atoms with Crippen molar-refractivity contribution in [3.05, 3.63) is 28.8 Å². The lowest BCUT2D eigenvalue weighted by atomic mass is 10.0. The first kappa shape index (κ1) is 13.0. The van der Waals surface area contributed by atoms with Crippen LogP contribution in [0.1, 0.15) is 30.1 Å². The Morgan fingerprint density at radius 2 is 2.25 bits per heavy atom. The van der Waals surface area contributed by atoms with E-state index in [0.717, 1.165) is 0 Å². The summed E-state index contributed by atoms with van der Waals surface area (Å²) in [4.78, 5) is 11.8. The Morgan fingerprint density at radius 3 is 2.75 bits per heavy atom. The van der Waals surface area contributed by atoms with Crippen LogP contribution in [-0.4, -0.2) is 18.9 Å². The fourth-order valence-corrected chi connectivity index (χ4v) is 1.62. The first-order valence-corrected chi connectivity index (χ1v) is 5.54. The summed E-state index contributed by atoms with van der Waals surface area (Å²) in [5, 5.41) is 0.425. The third-order valence-corrected chi connectivity index (χ3v) is 2.62. The molecule has 0 saturated carbocycles. The number of Topliss-reactive ketones (excluding diaryl/α,β-unsaturated/α-hetero) is 1. The summed E-state index contributed by atoms with van der Waals surface area (Å²) < 4.78 is 5.01. The van der Waals surface area contributed by atoms with E-state index in [2.05, 4.69) is 0 Å². The van der Waals surface area contributed by atoms with Crippen LogP contribution in [0, 0.1) is 0 Å². The molecule has 1 aromatic rings. The molecule has 0 radical (unpaired) electrons. The molecule has 0 bridgehead atoms. The van der Waals surface area contributed by atoms with Gasteiger partial charge in [-0.25, -0.2) is 0 Å². The standard InChI is InChI=1S/C12H16ClNO2/c1-8(14)3-6-12(15)10-5-4-9(16-2)7-11(10)13/h4-5,7-8H,3,6,14H2,1-2H3. The van der Waals surface area contributed by atoms with Crippen LogP contribution in [0.2, 0.25) is 5.02 Å². The summed E-state index contributed by atoms with van der Waals surface area (Å²) >= 11 is 5.99. The Balaban J connectivity index is 2.76. The SMILES string of the molecule is COc1ccc(C(=O)CCC(C)N)c(Cl)c1. The van der Waals surface area contributed by atoms with E-state index in [0.29, 0.717) is 29.2 Å². The minimum Gasteiger partial charge on any atom is -0.497 e. The Kier molecular flexibility index (Phi) is 4.77. The maximum atomic E-state index is 11.8. The molecule has 0 aromatic heterocycles. The van der Waals surface area contributed by atoms with Gasteiger partial charge >= 0.3 is 0 Å². The van der Waals surface area contributed by atoms with E-state index in [9.17, 15) is 4.79 Å². The topological polar surface area (TPSA) is 52.3 Å². The van der Waals surface area contributed by atoms with Crippen molar-refractivity contribution in [2.24, 2.45) is 5.73 Å². The van der Waals surface area contributed by atoms with E-state index in [4.69, 9.17) is 22.1 Å². The minimum absolute atomic E-state index is 0.0185. The lowest BCUT2D eigenvalue weighted by Gasteiger charge is -2.07. The van der Waals surface area contributed by atoms with Crippen molar-refractivity contribution in [1.29, 1.82) is 0 Å².